The largest absolute Gasteiger partial charge is 0.283 e. The third kappa shape index (κ3) is 2.79. The maximum Gasteiger partial charge on any atom is 0.283 e. The summed E-state index contributed by atoms with van der Waals surface area (Å²) in [6.07, 6.45) is 0. The van der Waals surface area contributed by atoms with Crippen molar-refractivity contribution in [2.45, 2.75) is 52.9 Å². The topological polar surface area (TPSA) is 86.3 Å². The SMILES string of the molecule is Cc1c([N+](=O)[O-])cc(C(C)C)c(C(C)(C)C)c1[N+](=O)[O-]. The Morgan fingerprint density at radius 3 is 1.90 bits per heavy atom. The average Bonchev–Trinajstić information content (AvgIpc) is 2.25. The summed E-state index contributed by atoms with van der Waals surface area (Å²) < 4.78 is 0. The van der Waals surface area contributed by atoms with Crippen LogP contribution >= 0.6 is 0 Å². The number of nitrogens with zero attached hydrogens (tertiary/aromatic N) is 2. The molecule has 0 amide bonds. The summed E-state index contributed by atoms with van der Waals surface area (Å²) in [5, 5.41) is 22.5. The van der Waals surface area contributed by atoms with Gasteiger partial charge in [0.1, 0.15) is 5.56 Å². The van der Waals surface area contributed by atoms with Crippen LogP contribution in [0.2, 0.25) is 0 Å². The van der Waals surface area contributed by atoms with Crippen LogP contribution in [0.25, 0.3) is 0 Å². The summed E-state index contributed by atoms with van der Waals surface area (Å²) in [4.78, 5) is 21.5. The molecule has 0 saturated carbocycles. The Hall–Kier alpha value is -1.98. The fourth-order valence-corrected chi connectivity index (χ4v) is 2.43. The number of rotatable bonds is 3. The minimum atomic E-state index is -0.555. The molecule has 0 heterocycles. The van der Waals surface area contributed by atoms with Crippen molar-refractivity contribution in [3.63, 3.8) is 0 Å². The first-order valence-corrected chi connectivity index (χ1v) is 6.45. The summed E-state index contributed by atoms with van der Waals surface area (Å²) in [6, 6.07) is 1.48. The Morgan fingerprint density at radius 2 is 1.60 bits per heavy atom. The predicted octanol–water partition coefficient (Wildman–Crippen LogP) is 4.23. The summed E-state index contributed by atoms with van der Waals surface area (Å²) >= 11 is 0. The van der Waals surface area contributed by atoms with E-state index in [1.807, 2.05) is 34.6 Å². The van der Waals surface area contributed by atoms with Gasteiger partial charge in [0.05, 0.1) is 9.85 Å². The van der Waals surface area contributed by atoms with Crippen LogP contribution in [-0.4, -0.2) is 9.85 Å². The van der Waals surface area contributed by atoms with Crippen molar-refractivity contribution in [2.24, 2.45) is 0 Å². The molecule has 1 rings (SSSR count). The van der Waals surface area contributed by atoms with E-state index in [0.29, 0.717) is 11.1 Å². The zero-order chi connectivity index (χ0) is 15.8. The molecule has 0 aromatic heterocycles. The Bertz CT molecular complexity index is 572. The van der Waals surface area contributed by atoms with E-state index in [-0.39, 0.29) is 22.9 Å². The molecule has 0 aliphatic carbocycles. The molecular formula is C14H20N2O4. The van der Waals surface area contributed by atoms with Crippen LogP contribution in [-0.2, 0) is 5.41 Å². The molecule has 6 heteroatoms. The van der Waals surface area contributed by atoms with Crippen molar-refractivity contribution in [2.75, 3.05) is 0 Å². The highest BCUT2D eigenvalue weighted by Gasteiger charge is 2.35. The lowest BCUT2D eigenvalue weighted by Crippen LogP contribution is -2.19. The average molecular weight is 280 g/mol. The molecule has 6 nitrogen and oxygen atoms in total. The number of hydrogen-bond donors (Lipinski definition) is 0. The molecule has 0 aliphatic rings. The van der Waals surface area contributed by atoms with Crippen LogP contribution in [0.4, 0.5) is 11.4 Å². The summed E-state index contributed by atoms with van der Waals surface area (Å²) in [5.74, 6) is -0.0257. The minimum absolute atomic E-state index is 0.0257. The molecule has 0 spiro atoms. The second-order valence-corrected chi connectivity index (χ2v) is 6.25. The number of benzene rings is 1. The lowest BCUT2D eigenvalue weighted by atomic mass is 9.78. The van der Waals surface area contributed by atoms with Gasteiger partial charge in [-0.05, 0) is 23.8 Å². The summed E-state index contributed by atoms with van der Waals surface area (Å²) in [6.45, 7) is 10.8. The van der Waals surface area contributed by atoms with E-state index in [2.05, 4.69) is 0 Å². The molecule has 0 aliphatic heterocycles. The molecular weight excluding hydrogens is 260 g/mol. The van der Waals surface area contributed by atoms with Gasteiger partial charge in [-0.3, -0.25) is 20.2 Å². The monoisotopic (exact) mass is 280 g/mol. The second-order valence-electron chi connectivity index (χ2n) is 6.25. The van der Waals surface area contributed by atoms with Crippen molar-refractivity contribution in [1.82, 2.24) is 0 Å². The number of nitro benzene ring substituents is 2. The van der Waals surface area contributed by atoms with Gasteiger partial charge in [0, 0.05) is 11.6 Å². The van der Waals surface area contributed by atoms with Crippen LogP contribution in [0.5, 0.6) is 0 Å². The van der Waals surface area contributed by atoms with Crippen molar-refractivity contribution in [1.29, 1.82) is 0 Å². The highest BCUT2D eigenvalue weighted by Crippen LogP contribution is 2.43. The van der Waals surface area contributed by atoms with Crippen LogP contribution in [0.1, 0.15) is 57.2 Å². The Labute approximate surface area is 118 Å². The van der Waals surface area contributed by atoms with Gasteiger partial charge < -0.3 is 0 Å². The van der Waals surface area contributed by atoms with E-state index in [1.54, 1.807) is 0 Å². The van der Waals surface area contributed by atoms with Gasteiger partial charge in [0.15, 0.2) is 0 Å². The van der Waals surface area contributed by atoms with E-state index in [9.17, 15) is 20.2 Å². The van der Waals surface area contributed by atoms with Gasteiger partial charge in [-0.25, -0.2) is 0 Å². The standard InChI is InChI=1S/C14H20N2O4/c1-8(2)10-7-11(15(17)18)9(3)13(16(19)20)12(10)14(4,5)6/h7-8H,1-6H3. The molecule has 0 saturated heterocycles. The third-order valence-corrected chi connectivity index (χ3v) is 3.31. The van der Waals surface area contributed by atoms with Gasteiger partial charge >= 0.3 is 0 Å². The van der Waals surface area contributed by atoms with Crippen molar-refractivity contribution in [3.8, 4) is 0 Å². The molecule has 20 heavy (non-hydrogen) atoms. The fraction of sp³-hybridized carbons (Fsp3) is 0.571. The summed E-state index contributed by atoms with van der Waals surface area (Å²) in [7, 11) is 0. The highest BCUT2D eigenvalue weighted by atomic mass is 16.6. The smallest absolute Gasteiger partial charge is 0.258 e. The predicted molar refractivity (Wildman–Crippen MR) is 77.3 cm³/mol. The van der Waals surface area contributed by atoms with E-state index in [1.165, 1.54) is 13.0 Å². The molecule has 0 unspecified atom stereocenters. The van der Waals surface area contributed by atoms with Gasteiger partial charge in [0.2, 0.25) is 0 Å². The second kappa shape index (κ2) is 5.19. The quantitative estimate of drug-likeness (QED) is 0.612. The normalized spacial score (nSPS) is 11.8. The molecule has 0 atom stereocenters. The Balaban J connectivity index is 3.94. The molecule has 0 radical (unpaired) electrons. The lowest BCUT2D eigenvalue weighted by Gasteiger charge is -2.25. The van der Waals surface area contributed by atoms with Gasteiger partial charge in [-0.1, -0.05) is 34.6 Å². The van der Waals surface area contributed by atoms with Crippen LogP contribution < -0.4 is 0 Å². The zero-order valence-corrected chi connectivity index (χ0v) is 12.7. The molecule has 0 bridgehead atoms. The van der Waals surface area contributed by atoms with E-state index in [0.717, 1.165) is 0 Å². The van der Waals surface area contributed by atoms with Crippen molar-refractivity contribution < 1.29 is 9.85 Å². The third-order valence-electron chi connectivity index (χ3n) is 3.31. The van der Waals surface area contributed by atoms with Crippen molar-refractivity contribution in [3.05, 3.63) is 43.0 Å². The molecule has 110 valence electrons. The first-order chi connectivity index (χ1) is 8.98. The van der Waals surface area contributed by atoms with Gasteiger partial charge in [0.25, 0.3) is 11.4 Å². The summed E-state index contributed by atoms with van der Waals surface area (Å²) in [5.41, 5.74) is 0.599. The Morgan fingerprint density at radius 1 is 1.10 bits per heavy atom. The fourth-order valence-electron chi connectivity index (χ4n) is 2.43. The maximum atomic E-state index is 11.4. The first-order valence-electron chi connectivity index (χ1n) is 6.45. The Kier molecular flexibility index (Phi) is 4.17. The van der Waals surface area contributed by atoms with Gasteiger partial charge in [-0.15, -0.1) is 0 Å². The lowest BCUT2D eigenvalue weighted by molar-refractivity contribution is -0.396. The van der Waals surface area contributed by atoms with E-state index < -0.39 is 15.3 Å². The van der Waals surface area contributed by atoms with E-state index in [4.69, 9.17) is 0 Å². The highest BCUT2D eigenvalue weighted by molar-refractivity contribution is 5.63. The van der Waals surface area contributed by atoms with Gasteiger partial charge in [-0.2, -0.15) is 0 Å². The van der Waals surface area contributed by atoms with Crippen LogP contribution in [0.3, 0.4) is 0 Å². The van der Waals surface area contributed by atoms with E-state index >= 15 is 0 Å². The molecule has 0 fully saturated rings. The molecule has 1 aromatic carbocycles. The molecule has 0 N–H and O–H groups in total. The molecule has 1 aromatic rings. The van der Waals surface area contributed by atoms with Crippen LogP contribution in [0, 0.1) is 27.2 Å². The minimum Gasteiger partial charge on any atom is -0.258 e. The van der Waals surface area contributed by atoms with Crippen molar-refractivity contribution >= 4 is 11.4 Å². The number of hydrogen-bond acceptors (Lipinski definition) is 4. The number of nitro groups is 2. The zero-order valence-electron chi connectivity index (χ0n) is 12.7. The maximum absolute atomic E-state index is 11.4. The first kappa shape index (κ1) is 16.1. The van der Waals surface area contributed by atoms with Crippen LogP contribution in [0.15, 0.2) is 6.07 Å².